The minimum Gasteiger partial charge on any atom is -0.394 e. The van der Waals surface area contributed by atoms with E-state index in [0.717, 1.165) is 29.8 Å². The maximum absolute atomic E-state index is 14.3. The highest BCUT2D eigenvalue weighted by Crippen LogP contribution is 2.44. The SMILES string of the molecule is OCC(CO)N1C=CC(Nc2cc(-c3cc(Cl)ccc3F)ncc2C2CC2)=CC1. The summed E-state index contributed by atoms with van der Waals surface area (Å²) in [5.41, 5.74) is 3.83. The largest absolute Gasteiger partial charge is 0.394 e. The monoisotopic (exact) mass is 415 g/mol. The molecule has 1 aromatic carbocycles. The van der Waals surface area contributed by atoms with Crippen molar-refractivity contribution in [3.05, 3.63) is 70.9 Å². The summed E-state index contributed by atoms with van der Waals surface area (Å²) in [7, 11) is 0. The Bertz CT molecular complexity index is 955. The van der Waals surface area contributed by atoms with E-state index in [0.29, 0.717) is 28.7 Å². The highest BCUT2D eigenvalue weighted by atomic mass is 35.5. The molecule has 2 aromatic rings. The first kappa shape index (κ1) is 19.9. The van der Waals surface area contributed by atoms with Gasteiger partial charge < -0.3 is 20.4 Å². The van der Waals surface area contributed by atoms with Crippen molar-refractivity contribution in [2.75, 3.05) is 25.1 Å². The fourth-order valence-electron chi connectivity index (χ4n) is 3.43. The van der Waals surface area contributed by atoms with Crippen molar-refractivity contribution >= 4 is 17.3 Å². The maximum atomic E-state index is 14.3. The Labute approximate surface area is 174 Å². The van der Waals surface area contributed by atoms with E-state index in [1.165, 1.54) is 12.1 Å². The number of aliphatic hydroxyl groups excluding tert-OH is 2. The first-order valence-electron chi connectivity index (χ1n) is 9.67. The van der Waals surface area contributed by atoms with Crippen LogP contribution in [0, 0.1) is 5.82 Å². The number of nitrogens with one attached hydrogen (secondary N) is 1. The normalized spacial score (nSPS) is 16.3. The number of pyridine rings is 1. The maximum Gasteiger partial charge on any atom is 0.132 e. The van der Waals surface area contributed by atoms with Crippen LogP contribution < -0.4 is 5.32 Å². The van der Waals surface area contributed by atoms with Crippen LogP contribution in [0.15, 0.2) is 54.5 Å². The topological polar surface area (TPSA) is 68.6 Å². The molecule has 1 aliphatic carbocycles. The van der Waals surface area contributed by atoms with E-state index in [9.17, 15) is 14.6 Å². The Hall–Kier alpha value is -2.41. The third-order valence-corrected chi connectivity index (χ3v) is 5.53. The van der Waals surface area contributed by atoms with Crippen LogP contribution in [0.25, 0.3) is 11.3 Å². The number of halogens is 2. The molecule has 7 heteroatoms. The first-order valence-corrected chi connectivity index (χ1v) is 10.0. The summed E-state index contributed by atoms with van der Waals surface area (Å²) in [5.74, 6) is 0.111. The van der Waals surface area contributed by atoms with Gasteiger partial charge in [-0.3, -0.25) is 4.98 Å². The van der Waals surface area contributed by atoms with E-state index in [4.69, 9.17) is 11.6 Å². The Kier molecular flexibility index (Phi) is 5.85. The fraction of sp³-hybridized carbons (Fsp3) is 0.318. The molecule has 5 nitrogen and oxygen atoms in total. The molecule has 0 radical (unpaired) electrons. The molecule has 0 unspecified atom stereocenters. The lowest BCUT2D eigenvalue weighted by Gasteiger charge is -2.29. The molecule has 2 aliphatic rings. The molecule has 0 atom stereocenters. The highest BCUT2D eigenvalue weighted by molar-refractivity contribution is 6.30. The molecule has 4 rings (SSSR count). The minimum absolute atomic E-state index is 0.109. The molecule has 1 fully saturated rings. The summed E-state index contributed by atoms with van der Waals surface area (Å²) in [5, 5.41) is 22.6. The van der Waals surface area contributed by atoms with Gasteiger partial charge in [0.2, 0.25) is 0 Å². The first-order chi connectivity index (χ1) is 14.1. The Morgan fingerprint density at radius 3 is 2.69 bits per heavy atom. The molecule has 3 N–H and O–H groups in total. The van der Waals surface area contributed by atoms with E-state index < -0.39 is 0 Å². The van der Waals surface area contributed by atoms with Gasteiger partial charge in [0.25, 0.3) is 0 Å². The second kappa shape index (κ2) is 8.53. The third-order valence-electron chi connectivity index (χ3n) is 5.29. The summed E-state index contributed by atoms with van der Waals surface area (Å²) in [6.45, 7) is 0.356. The molecule has 0 spiro atoms. The summed E-state index contributed by atoms with van der Waals surface area (Å²) in [4.78, 5) is 6.36. The number of hydrogen-bond acceptors (Lipinski definition) is 5. The standard InChI is InChI=1S/C22H23ClFN3O2/c23-15-3-4-20(24)18(9-15)21-10-22(19(11-25-21)14-1-2-14)26-16-5-7-27(8-6-16)17(12-28)13-29/h3-7,9-11,14,17,28-29H,1-2,8,12-13H2,(H,25,26). The smallest absolute Gasteiger partial charge is 0.132 e. The molecule has 0 amide bonds. The molecule has 1 saturated carbocycles. The third kappa shape index (κ3) is 4.45. The molecule has 1 aromatic heterocycles. The van der Waals surface area contributed by atoms with Gasteiger partial charge in [0, 0.05) is 40.9 Å². The van der Waals surface area contributed by atoms with Gasteiger partial charge in [-0.05, 0) is 60.7 Å². The molecule has 29 heavy (non-hydrogen) atoms. The summed E-state index contributed by atoms with van der Waals surface area (Å²) in [6.07, 6.45) is 9.82. The Balaban J connectivity index is 1.60. The van der Waals surface area contributed by atoms with E-state index in [1.54, 1.807) is 6.07 Å². The zero-order valence-electron chi connectivity index (χ0n) is 15.9. The van der Waals surface area contributed by atoms with E-state index in [1.807, 2.05) is 35.5 Å². The lowest BCUT2D eigenvalue weighted by Crippen LogP contribution is -2.38. The van der Waals surface area contributed by atoms with Gasteiger partial charge in [-0.2, -0.15) is 0 Å². The lowest BCUT2D eigenvalue weighted by molar-refractivity contribution is 0.111. The molecule has 2 heterocycles. The van der Waals surface area contributed by atoms with Gasteiger partial charge in [0.1, 0.15) is 5.82 Å². The summed E-state index contributed by atoms with van der Waals surface area (Å²) in [6, 6.07) is 6.01. The fourth-order valence-corrected chi connectivity index (χ4v) is 3.60. The van der Waals surface area contributed by atoms with Gasteiger partial charge in [-0.15, -0.1) is 0 Å². The summed E-state index contributed by atoms with van der Waals surface area (Å²) >= 11 is 6.05. The van der Waals surface area contributed by atoms with Crippen molar-refractivity contribution in [3.63, 3.8) is 0 Å². The van der Waals surface area contributed by atoms with E-state index in [-0.39, 0.29) is 25.1 Å². The Morgan fingerprint density at radius 2 is 2.03 bits per heavy atom. The highest BCUT2D eigenvalue weighted by Gasteiger charge is 2.27. The lowest BCUT2D eigenvalue weighted by atomic mass is 10.1. The molecule has 152 valence electrons. The van der Waals surface area contributed by atoms with Crippen molar-refractivity contribution < 1.29 is 14.6 Å². The number of nitrogens with zero attached hydrogens (tertiary/aromatic N) is 2. The van der Waals surface area contributed by atoms with Crippen LogP contribution in [-0.4, -0.2) is 45.9 Å². The van der Waals surface area contributed by atoms with E-state index in [2.05, 4.69) is 10.3 Å². The summed E-state index contributed by atoms with van der Waals surface area (Å²) < 4.78 is 14.3. The van der Waals surface area contributed by atoms with Gasteiger partial charge >= 0.3 is 0 Å². The number of benzene rings is 1. The van der Waals surface area contributed by atoms with Crippen LogP contribution in [0.3, 0.4) is 0 Å². The van der Waals surface area contributed by atoms with Crippen molar-refractivity contribution in [2.45, 2.75) is 24.8 Å². The second-order valence-electron chi connectivity index (χ2n) is 7.37. The number of anilines is 1. The van der Waals surface area contributed by atoms with E-state index >= 15 is 0 Å². The second-order valence-corrected chi connectivity index (χ2v) is 7.81. The van der Waals surface area contributed by atoms with Gasteiger partial charge in [0.05, 0.1) is 24.9 Å². The van der Waals surface area contributed by atoms with Crippen molar-refractivity contribution in [1.29, 1.82) is 0 Å². The van der Waals surface area contributed by atoms with Crippen LogP contribution in [0.4, 0.5) is 10.1 Å². The number of aliphatic hydroxyl groups is 2. The van der Waals surface area contributed by atoms with Crippen molar-refractivity contribution in [1.82, 2.24) is 9.88 Å². The number of aromatic nitrogens is 1. The number of hydrogen-bond donors (Lipinski definition) is 3. The molecule has 0 bridgehead atoms. The number of allylic oxidation sites excluding steroid dienone is 1. The predicted molar refractivity (Wildman–Crippen MR) is 112 cm³/mol. The van der Waals surface area contributed by atoms with Gasteiger partial charge in [0.15, 0.2) is 0 Å². The predicted octanol–water partition coefficient (Wildman–Crippen LogP) is 3.90. The molecular weight excluding hydrogens is 393 g/mol. The Morgan fingerprint density at radius 1 is 1.24 bits per heavy atom. The zero-order chi connectivity index (χ0) is 20.4. The zero-order valence-corrected chi connectivity index (χ0v) is 16.6. The molecule has 0 saturated heterocycles. The van der Waals surface area contributed by atoms with Gasteiger partial charge in [-0.25, -0.2) is 4.39 Å². The quantitative estimate of drug-likeness (QED) is 0.640. The van der Waals surface area contributed by atoms with Crippen LogP contribution in [0.2, 0.25) is 5.02 Å². The van der Waals surface area contributed by atoms with Gasteiger partial charge in [-0.1, -0.05) is 11.6 Å². The van der Waals surface area contributed by atoms with Crippen LogP contribution >= 0.6 is 11.6 Å². The van der Waals surface area contributed by atoms with Crippen LogP contribution in [0.1, 0.15) is 24.3 Å². The molecule has 1 aliphatic heterocycles. The number of rotatable bonds is 7. The van der Waals surface area contributed by atoms with Crippen LogP contribution in [-0.2, 0) is 0 Å². The average Bonchev–Trinajstić information content (AvgIpc) is 3.57. The van der Waals surface area contributed by atoms with Crippen LogP contribution in [0.5, 0.6) is 0 Å². The minimum atomic E-state index is -0.363. The molecular formula is C22H23ClFN3O2. The van der Waals surface area contributed by atoms with Crippen molar-refractivity contribution in [3.8, 4) is 11.3 Å². The average molecular weight is 416 g/mol. The van der Waals surface area contributed by atoms with Crippen molar-refractivity contribution in [2.24, 2.45) is 0 Å².